The Morgan fingerprint density at radius 2 is 2.26 bits per heavy atom. The van der Waals surface area contributed by atoms with Gasteiger partial charge in [0.25, 0.3) is 0 Å². The molecule has 19 heavy (non-hydrogen) atoms. The van der Waals surface area contributed by atoms with Gasteiger partial charge in [0.05, 0.1) is 12.0 Å². The number of likely N-dealkylation sites (N-methyl/N-ethyl adjacent to an activating group) is 1. The maximum absolute atomic E-state index is 11.0. The van der Waals surface area contributed by atoms with Crippen LogP contribution in [0.3, 0.4) is 0 Å². The molecule has 1 aromatic rings. The number of anilines is 1. The minimum Gasteiger partial charge on any atom is -0.395 e. The summed E-state index contributed by atoms with van der Waals surface area (Å²) in [6, 6.07) is 7.53. The number of aliphatic hydroxyl groups is 1. The zero-order chi connectivity index (χ0) is 14.3. The third-order valence-electron chi connectivity index (χ3n) is 2.85. The van der Waals surface area contributed by atoms with E-state index in [-0.39, 0.29) is 17.9 Å². The quantitative estimate of drug-likeness (QED) is 0.755. The maximum Gasteiger partial charge on any atom is 0.221 e. The van der Waals surface area contributed by atoms with Crippen LogP contribution in [0, 0.1) is 0 Å². The van der Waals surface area contributed by atoms with Crippen LogP contribution in [-0.4, -0.2) is 42.2 Å². The fourth-order valence-electron chi connectivity index (χ4n) is 1.87. The molecule has 0 aromatic heterocycles. The lowest BCUT2D eigenvalue weighted by Crippen LogP contribution is -2.29. The first-order valence-electron chi connectivity index (χ1n) is 6.41. The van der Waals surface area contributed by atoms with Gasteiger partial charge in [-0.05, 0) is 24.2 Å². The van der Waals surface area contributed by atoms with Gasteiger partial charge in [0.1, 0.15) is 0 Å². The lowest BCUT2D eigenvalue weighted by molar-refractivity contribution is -0.114. The van der Waals surface area contributed by atoms with Crippen LogP contribution in [0.5, 0.6) is 0 Å². The molecular formula is C14H21ClN2O2. The first-order valence-corrected chi connectivity index (χ1v) is 6.85. The number of hydrogen-bond donors (Lipinski definition) is 2. The van der Waals surface area contributed by atoms with Crippen LogP contribution < -0.4 is 5.32 Å². The van der Waals surface area contributed by atoms with Crippen molar-refractivity contribution < 1.29 is 9.90 Å². The molecule has 0 saturated heterocycles. The van der Waals surface area contributed by atoms with E-state index >= 15 is 0 Å². The summed E-state index contributed by atoms with van der Waals surface area (Å²) in [7, 11) is 0. The van der Waals surface area contributed by atoms with Gasteiger partial charge in [-0.2, -0.15) is 0 Å². The van der Waals surface area contributed by atoms with Gasteiger partial charge in [0.15, 0.2) is 0 Å². The van der Waals surface area contributed by atoms with Crippen molar-refractivity contribution in [1.82, 2.24) is 4.90 Å². The van der Waals surface area contributed by atoms with Crippen LogP contribution in [0.4, 0.5) is 5.69 Å². The Balaban J connectivity index is 2.70. The van der Waals surface area contributed by atoms with Gasteiger partial charge < -0.3 is 10.4 Å². The first-order chi connectivity index (χ1) is 9.06. The Kier molecular flexibility index (Phi) is 6.84. The van der Waals surface area contributed by atoms with Crippen LogP contribution >= 0.6 is 11.6 Å². The van der Waals surface area contributed by atoms with Gasteiger partial charge in [-0.1, -0.05) is 19.1 Å². The number of carbonyl (C=O) groups excluding carboxylic acids is 1. The van der Waals surface area contributed by atoms with E-state index in [0.29, 0.717) is 13.1 Å². The highest BCUT2D eigenvalue weighted by Gasteiger charge is 2.13. The van der Waals surface area contributed by atoms with Gasteiger partial charge in [0.2, 0.25) is 5.91 Å². The van der Waals surface area contributed by atoms with Crippen LogP contribution in [0.15, 0.2) is 24.3 Å². The SMILES string of the molecule is CCN(CCO)CC(Cl)c1cccc(NC(C)=O)c1. The molecule has 1 amide bonds. The molecule has 0 heterocycles. The third-order valence-corrected chi connectivity index (χ3v) is 3.24. The van der Waals surface area contributed by atoms with E-state index in [0.717, 1.165) is 17.8 Å². The number of halogens is 1. The second-order valence-electron chi connectivity index (χ2n) is 4.39. The molecule has 0 bridgehead atoms. The molecule has 1 atom stereocenters. The molecule has 0 radical (unpaired) electrons. The number of benzene rings is 1. The molecule has 0 aliphatic rings. The normalized spacial score (nSPS) is 12.5. The standard InChI is InChI=1S/C14H21ClN2O2/c1-3-17(7-8-18)10-14(15)12-5-4-6-13(9-12)16-11(2)19/h4-6,9,14,18H,3,7-8,10H2,1-2H3,(H,16,19). The molecule has 0 fully saturated rings. The first kappa shape index (κ1) is 16.0. The molecule has 0 aliphatic heterocycles. The summed E-state index contributed by atoms with van der Waals surface area (Å²) >= 11 is 6.39. The summed E-state index contributed by atoms with van der Waals surface area (Å²) < 4.78 is 0. The Morgan fingerprint density at radius 1 is 1.53 bits per heavy atom. The average molecular weight is 285 g/mol. The van der Waals surface area contributed by atoms with E-state index in [9.17, 15) is 4.79 Å². The van der Waals surface area contributed by atoms with Crippen molar-refractivity contribution in [2.75, 3.05) is 31.6 Å². The molecule has 2 N–H and O–H groups in total. The highest BCUT2D eigenvalue weighted by molar-refractivity contribution is 6.21. The smallest absolute Gasteiger partial charge is 0.221 e. The number of alkyl halides is 1. The van der Waals surface area contributed by atoms with Gasteiger partial charge in [-0.3, -0.25) is 9.69 Å². The van der Waals surface area contributed by atoms with E-state index in [4.69, 9.17) is 16.7 Å². The molecule has 0 aliphatic carbocycles. The van der Waals surface area contributed by atoms with Crippen molar-refractivity contribution in [2.45, 2.75) is 19.2 Å². The third kappa shape index (κ3) is 5.59. The minimum atomic E-state index is -0.166. The van der Waals surface area contributed by atoms with Crippen molar-refractivity contribution in [3.05, 3.63) is 29.8 Å². The maximum atomic E-state index is 11.0. The summed E-state index contributed by atoms with van der Waals surface area (Å²) in [5, 5.41) is 11.5. The molecule has 5 heteroatoms. The molecule has 1 unspecified atom stereocenters. The Hall–Kier alpha value is -1.10. The molecule has 0 saturated carbocycles. The number of nitrogens with zero attached hydrogens (tertiary/aromatic N) is 1. The number of carbonyl (C=O) groups is 1. The minimum absolute atomic E-state index is 0.0984. The number of nitrogens with one attached hydrogen (secondary N) is 1. The van der Waals surface area contributed by atoms with Crippen molar-refractivity contribution in [3.8, 4) is 0 Å². The zero-order valence-electron chi connectivity index (χ0n) is 11.4. The van der Waals surface area contributed by atoms with Crippen molar-refractivity contribution in [2.24, 2.45) is 0 Å². The number of hydrogen-bond acceptors (Lipinski definition) is 3. The largest absolute Gasteiger partial charge is 0.395 e. The van der Waals surface area contributed by atoms with Crippen molar-refractivity contribution in [3.63, 3.8) is 0 Å². The van der Waals surface area contributed by atoms with Gasteiger partial charge in [-0.15, -0.1) is 11.6 Å². The zero-order valence-corrected chi connectivity index (χ0v) is 12.2. The number of rotatable bonds is 7. The molecule has 106 valence electrons. The van der Waals surface area contributed by atoms with Crippen LogP contribution in [0.1, 0.15) is 24.8 Å². The van der Waals surface area contributed by atoms with Crippen molar-refractivity contribution in [1.29, 1.82) is 0 Å². The fraction of sp³-hybridized carbons (Fsp3) is 0.500. The highest BCUT2D eigenvalue weighted by atomic mass is 35.5. The van der Waals surface area contributed by atoms with Gasteiger partial charge >= 0.3 is 0 Å². The summed E-state index contributed by atoms with van der Waals surface area (Å²) in [5.41, 5.74) is 1.71. The average Bonchev–Trinajstić information content (AvgIpc) is 2.37. The summed E-state index contributed by atoms with van der Waals surface area (Å²) in [6.07, 6.45) is 0. The fourth-order valence-corrected chi connectivity index (χ4v) is 2.20. The summed E-state index contributed by atoms with van der Waals surface area (Å²) in [6.45, 7) is 5.77. The van der Waals surface area contributed by atoms with E-state index in [1.54, 1.807) is 0 Å². The highest BCUT2D eigenvalue weighted by Crippen LogP contribution is 2.24. The lowest BCUT2D eigenvalue weighted by atomic mass is 10.1. The van der Waals surface area contributed by atoms with Crippen LogP contribution in [0.2, 0.25) is 0 Å². The number of amides is 1. The van der Waals surface area contributed by atoms with E-state index in [1.165, 1.54) is 6.92 Å². The Morgan fingerprint density at radius 3 is 2.84 bits per heavy atom. The van der Waals surface area contributed by atoms with E-state index in [1.807, 2.05) is 31.2 Å². The van der Waals surface area contributed by atoms with Gasteiger partial charge in [-0.25, -0.2) is 0 Å². The van der Waals surface area contributed by atoms with Gasteiger partial charge in [0, 0.05) is 25.7 Å². The molecular weight excluding hydrogens is 264 g/mol. The summed E-state index contributed by atoms with van der Waals surface area (Å²) in [5.74, 6) is -0.0984. The Bertz CT molecular complexity index is 412. The molecule has 4 nitrogen and oxygen atoms in total. The topological polar surface area (TPSA) is 52.6 Å². The van der Waals surface area contributed by atoms with Crippen LogP contribution in [-0.2, 0) is 4.79 Å². The predicted octanol–water partition coefficient (Wildman–Crippen LogP) is 2.24. The molecule has 1 aromatic carbocycles. The second-order valence-corrected chi connectivity index (χ2v) is 4.92. The molecule has 0 spiro atoms. The van der Waals surface area contributed by atoms with Crippen LogP contribution in [0.25, 0.3) is 0 Å². The summed E-state index contributed by atoms with van der Waals surface area (Å²) in [4.78, 5) is 13.1. The second kappa shape index (κ2) is 8.15. The monoisotopic (exact) mass is 284 g/mol. The predicted molar refractivity (Wildman–Crippen MR) is 78.5 cm³/mol. The molecule has 1 rings (SSSR count). The van der Waals surface area contributed by atoms with Crippen molar-refractivity contribution >= 4 is 23.2 Å². The van der Waals surface area contributed by atoms with E-state index < -0.39 is 0 Å². The lowest BCUT2D eigenvalue weighted by Gasteiger charge is -2.22. The van der Waals surface area contributed by atoms with E-state index in [2.05, 4.69) is 10.2 Å². The Labute approximate surface area is 119 Å². The number of aliphatic hydroxyl groups excluding tert-OH is 1.